The minimum atomic E-state index is -0.0215. The highest BCUT2D eigenvalue weighted by Crippen LogP contribution is 2.18. The van der Waals surface area contributed by atoms with Crippen LogP contribution in [-0.2, 0) is 6.54 Å². The fourth-order valence-corrected chi connectivity index (χ4v) is 2.23. The van der Waals surface area contributed by atoms with Crippen LogP contribution >= 0.6 is 0 Å². The highest BCUT2D eigenvalue weighted by molar-refractivity contribution is 5.31. The lowest BCUT2D eigenvalue weighted by molar-refractivity contribution is 0.463. The Morgan fingerprint density at radius 3 is 2.70 bits per heavy atom. The number of rotatable bonds is 5. The number of hydrogen-bond donors (Lipinski definition) is 1. The Morgan fingerprint density at radius 1 is 1.25 bits per heavy atom. The molecule has 0 amide bonds. The minimum absolute atomic E-state index is 0.0215. The zero-order chi connectivity index (χ0) is 14.5. The molecular formula is C16H21N3O. The summed E-state index contributed by atoms with van der Waals surface area (Å²) in [6.45, 7) is 7.72. The largest absolute Gasteiger partial charge is 0.309 e. The summed E-state index contributed by atoms with van der Waals surface area (Å²) in [5, 5.41) is 3.43. The van der Waals surface area contributed by atoms with Crippen molar-refractivity contribution >= 4 is 0 Å². The van der Waals surface area contributed by atoms with Crippen LogP contribution in [0.25, 0.3) is 0 Å². The number of nitrogens with one attached hydrogen (secondary N) is 1. The molecule has 1 atom stereocenters. The van der Waals surface area contributed by atoms with Gasteiger partial charge in [-0.1, -0.05) is 25.1 Å². The number of benzene rings is 1. The molecule has 0 aliphatic heterocycles. The molecule has 106 valence electrons. The zero-order valence-electron chi connectivity index (χ0n) is 12.3. The Morgan fingerprint density at radius 2 is 2.05 bits per heavy atom. The van der Waals surface area contributed by atoms with E-state index in [1.165, 1.54) is 29.0 Å². The number of aromatic nitrogens is 2. The SMILES string of the molecule is CCNC(Cn1cnccc1=O)c1ccc(C)c(C)c1. The van der Waals surface area contributed by atoms with Gasteiger partial charge in [0, 0.05) is 18.8 Å². The van der Waals surface area contributed by atoms with Gasteiger partial charge in [0.2, 0.25) is 0 Å². The molecule has 0 aliphatic rings. The van der Waals surface area contributed by atoms with Gasteiger partial charge in [-0.25, -0.2) is 4.98 Å². The number of hydrogen-bond acceptors (Lipinski definition) is 3. The Balaban J connectivity index is 2.29. The maximum absolute atomic E-state index is 11.8. The van der Waals surface area contributed by atoms with E-state index < -0.39 is 0 Å². The monoisotopic (exact) mass is 271 g/mol. The van der Waals surface area contributed by atoms with E-state index in [1.54, 1.807) is 10.9 Å². The van der Waals surface area contributed by atoms with E-state index in [4.69, 9.17) is 0 Å². The van der Waals surface area contributed by atoms with Gasteiger partial charge < -0.3 is 5.32 Å². The highest BCUT2D eigenvalue weighted by atomic mass is 16.1. The van der Waals surface area contributed by atoms with Gasteiger partial charge in [-0.3, -0.25) is 9.36 Å². The van der Waals surface area contributed by atoms with E-state index in [0.29, 0.717) is 6.54 Å². The third-order valence-electron chi connectivity index (χ3n) is 3.56. The topological polar surface area (TPSA) is 46.9 Å². The minimum Gasteiger partial charge on any atom is -0.309 e. The molecule has 2 aromatic rings. The van der Waals surface area contributed by atoms with Crippen LogP contribution in [0.1, 0.15) is 29.7 Å². The van der Waals surface area contributed by atoms with E-state index in [-0.39, 0.29) is 11.6 Å². The summed E-state index contributed by atoms with van der Waals surface area (Å²) in [6.07, 6.45) is 3.12. The molecule has 1 N–H and O–H groups in total. The molecule has 0 aliphatic carbocycles. The first-order valence-corrected chi connectivity index (χ1v) is 6.92. The van der Waals surface area contributed by atoms with Crippen molar-refractivity contribution in [2.75, 3.05) is 6.54 Å². The summed E-state index contributed by atoms with van der Waals surface area (Å²) in [4.78, 5) is 15.8. The zero-order valence-corrected chi connectivity index (χ0v) is 12.3. The molecule has 0 bridgehead atoms. The predicted octanol–water partition coefficient (Wildman–Crippen LogP) is 2.21. The van der Waals surface area contributed by atoms with Crippen LogP contribution in [-0.4, -0.2) is 16.1 Å². The van der Waals surface area contributed by atoms with Crippen molar-refractivity contribution in [2.24, 2.45) is 0 Å². The Hall–Kier alpha value is -1.94. The van der Waals surface area contributed by atoms with Crippen molar-refractivity contribution in [1.82, 2.24) is 14.9 Å². The van der Waals surface area contributed by atoms with Gasteiger partial charge in [0.1, 0.15) is 0 Å². The molecule has 1 heterocycles. The van der Waals surface area contributed by atoms with Gasteiger partial charge in [0.15, 0.2) is 0 Å². The molecule has 0 radical (unpaired) electrons. The molecular weight excluding hydrogens is 250 g/mol. The Kier molecular flexibility index (Phi) is 4.69. The number of nitrogens with zero attached hydrogens (tertiary/aromatic N) is 2. The van der Waals surface area contributed by atoms with E-state index in [9.17, 15) is 4.79 Å². The molecule has 0 saturated carbocycles. The molecule has 1 aromatic heterocycles. The van der Waals surface area contributed by atoms with Crippen LogP contribution < -0.4 is 10.9 Å². The molecule has 4 nitrogen and oxygen atoms in total. The van der Waals surface area contributed by atoms with Crippen molar-refractivity contribution in [3.8, 4) is 0 Å². The summed E-state index contributed by atoms with van der Waals surface area (Å²) in [7, 11) is 0. The maximum atomic E-state index is 11.8. The summed E-state index contributed by atoms with van der Waals surface area (Å²) >= 11 is 0. The van der Waals surface area contributed by atoms with Gasteiger partial charge in [0.05, 0.1) is 12.4 Å². The third kappa shape index (κ3) is 3.33. The summed E-state index contributed by atoms with van der Waals surface area (Å²) in [6, 6.07) is 8.03. The Bertz CT molecular complexity index is 634. The van der Waals surface area contributed by atoms with Crippen LogP contribution in [0.3, 0.4) is 0 Å². The van der Waals surface area contributed by atoms with Gasteiger partial charge in [0.25, 0.3) is 5.56 Å². The van der Waals surface area contributed by atoms with Crippen LogP contribution in [0.2, 0.25) is 0 Å². The standard InChI is InChI=1S/C16H21N3O/c1-4-18-15(10-19-11-17-8-7-16(19)20)14-6-5-12(2)13(3)9-14/h5-9,11,15,18H,4,10H2,1-3H3. The lowest BCUT2D eigenvalue weighted by Crippen LogP contribution is -2.30. The first-order valence-electron chi connectivity index (χ1n) is 6.92. The quantitative estimate of drug-likeness (QED) is 0.907. The van der Waals surface area contributed by atoms with Crippen molar-refractivity contribution in [3.63, 3.8) is 0 Å². The van der Waals surface area contributed by atoms with Crippen LogP contribution in [0.4, 0.5) is 0 Å². The van der Waals surface area contributed by atoms with E-state index in [1.807, 2.05) is 0 Å². The average molecular weight is 271 g/mol. The van der Waals surface area contributed by atoms with Crippen molar-refractivity contribution in [1.29, 1.82) is 0 Å². The molecule has 4 heteroatoms. The second kappa shape index (κ2) is 6.48. The molecule has 0 saturated heterocycles. The fourth-order valence-electron chi connectivity index (χ4n) is 2.23. The summed E-state index contributed by atoms with van der Waals surface area (Å²) in [5.74, 6) is 0. The van der Waals surface area contributed by atoms with Crippen LogP contribution in [0.5, 0.6) is 0 Å². The first kappa shape index (κ1) is 14.5. The molecule has 0 spiro atoms. The maximum Gasteiger partial charge on any atom is 0.253 e. The second-order valence-electron chi connectivity index (χ2n) is 5.02. The van der Waals surface area contributed by atoms with Crippen LogP contribution in [0.15, 0.2) is 41.6 Å². The van der Waals surface area contributed by atoms with Gasteiger partial charge in [-0.2, -0.15) is 0 Å². The lowest BCUT2D eigenvalue weighted by Gasteiger charge is -2.20. The number of aryl methyl sites for hydroxylation is 2. The summed E-state index contributed by atoms with van der Waals surface area (Å²) in [5.41, 5.74) is 3.73. The van der Waals surface area contributed by atoms with E-state index in [0.717, 1.165) is 6.54 Å². The average Bonchev–Trinajstić information content (AvgIpc) is 2.44. The number of likely N-dealkylation sites (N-methyl/N-ethyl adjacent to an activating group) is 1. The lowest BCUT2D eigenvalue weighted by atomic mass is 10.0. The first-order chi connectivity index (χ1) is 9.61. The smallest absolute Gasteiger partial charge is 0.253 e. The van der Waals surface area contributed by atoms with Crippen molar-refractivity contribution < 1.29 is 0 Å². The fraction of sp³-hybridized carbons (Fsp3) is 0.375. The predicted molar refractivity (Wildman–Crippen MR) is 80.8 cm³/mol. The van der Waals surface area contributed by atoms with Crippen molar-refractivity contribution in [3.05, 3.63) is 63.8 Å². The molecule has 0 fully saturated rings. The molecule has 1 unspecified atom stereocenters. The van der Waals surface area contributed by atoms with E-state index >= 15 is 0 Å². The van der Waals surface area contributed by atoms with Crippen LogP contribution in [0, 0.1) is 13.8 Å². The van der Waals surface area contributed by atoms with Gasteiger partial charge in [-0.15, -0.1) is 0 Å². The Labute approximate surface area is 119 Å². The third-order valence-corrected chi connectivity index (χ3v) is 3.56. The summed E-state index contributed by atoms with van der Waals surface area (Å²) < 4.78 is 1.64. The van der Waals surface area contributed by atoms with Gasteiger partial charge in [-0.05, 0) is 37.1 Å². The molecule has 20 heavy (non-hydrogen) atoms. The molecule has 1 aromatic carbocycles. The van der Waals surface area contributed by atoms with Crippen molar-refractivity contribution in [2.45, 2.75) is 33.4 Å². The highest BCUT2D eigenvalue weighted by Gasteiger charge is 2.12. The second-order valence-corrected chi connectivity index (χ2v) is 5.02. The molecule has 2 rings (SSSR count). The van der Waals surface area contributed by atoms with Gasteiger partial charge >= 0.3 is 0 Å². The normalized spacial score (nSPS) is 12.3. The van der Waals surface area contributed by atoms with E-state index in [2.05, 4.69) is 49.3 Å².